The molecule has 0 aliphatic carbocycles. The molecule has 3 N–H and O–H groups in total. The predicted molar refractivity (Wildman–Crippen MR) is 70.0 cm³/mol. The van der Waals surface area contributed by atoms with Crippen LogP contribution < -0.4 is 10.6 Å². The summed E-state index contributed by atoms with van der Waals surface area (Å²) in [5, 5.41) is 16.1. The van der Waals surface area contributed by atoms with Crippen molar-refractivity contribution in [2.75, 3.05) is 11.9 Å². The SMILES string of the molecule is CC(CNC(=O)Nc1nc(C(C)C)cs1)C(=O)O. The Morgan fingerprint density at radius 1 is 1.44 bits per heavy atom. The van der Waals surface area contributed by atoms with Crippen molar-refractivity contribution in [2.24, 2.45) is 5.92 Å². The molecule has 7 heteroatoms. The van der Waals surface area contributed by atoms with Crippen molar-refractivity contribution in [3.05, 3.63) is 11.1 Å². The van der Waals surface area contributed by atoms with Gasteiger partial charge in [0.05, 0.1) is 11.6 Å². The van der Waals surface area contributed by atoms with Crippen LogP contribution in [0.5, 0.6) is 0 Å². The standard InChI is InChI=1S/C11H17N3O3S/c1-6(2)8-5-18-11(13-8)14-10(17)12-4-7(3)9(15)16/h5-7H,4H2,1-3H3,(H,15,16)(H2,12,13,14,17). The van der Waals surface area contributed by atoms with Gasteiger partial charge >= 0.3 is 12.0 Å². The monoisotopic (exact) mass is 271 g/mol. The smallest absolute Gasteiger partial charge is 0.321 e. The minimum atomic E-state index is -0.938. The van der Waals surface area contributed by atoms with Crippen molar-refractivity contribution >= 4 is 28.5 Å². The normalized spacial score (nSPS) is 12.2. The lowest BCUT2D eigenvalue weighted by Gasteiger charge is -2.08. The van der Waals surface area contributed by atoms with Crippen LogP contribution >= 0.6 is 11.3 Å². The highest BCUT2D eigenvalue weighted by molar-refractivity contribution is 7.13. The number of carboxylic acids is 1. The van der Waals surface area contributed by atoms with Gasteiger partial charge in [-0.3, -0.25) is 10.1 Å². The van der Waals surface area contributed by atoms with E-state index in [0.717, 1.165) is 5.69 Å². The quantitative estimate of drug-likeness (QED) is 0.765. The molecule has 2 amide bonds. The van der Waals surface area contributed by atoms with Crippen molar-refractivity contribution in [3.63, 3.8) is 0 Å². The maximum absolute atomic E-state index is 11.5. The van der Waals surface area contributed by atoms with E-state index in [0.29, 0.717) is 11.0 Å². The third-order valence-electron chi connectivity index (χ3n) is 2.32. The van der Waals surface area contributed by atoms with E-state index in [9.17, 15) is 9.59 Å². The zero-order valence-corrected chi connectivity index (χ0v) is 11.4. The molecule has 0 aromatic carbocycles. The first-order valence-electron chi connectivity index (χ1n) is 5.63. The van der Waals surface area contributed by atoms with Gasteiger partial charge in [-0.25, -0.2) is 9.78 Å². The van der Waals surface area contributed by atoms with Crippen LogP contribution in [0, 0.1) is 5.92 Å². The third kappa shape index (κ3) is 4.33. The Hall–Kier alpha value is -1.63. The molecule has 0 aliphatic rings. The Balaban J connectivity index is 2.42. The molecule has 1 atom stereocenters. The van der Waals surface area contributed by atoms with E-state index in [4.69, 9.17) is 5.11 Å². The van der Waals surface area contributed by atoms with Gasteiger partial charge in [0.1, 0.15) is 0 Å². The summed E-state index contributed by atoms with van der Waals surface area (Å²) in [6, 6.07) is -0.437. The molecule has 1 unspecified atom stereocenters. The van der Waals surface area contributed by atoms with E-state index in [1.807, 2.05) is 19.2 Å². The number of aliphatic carboxylic acids is 1. The van der Waals surface area contributed by atoms with Crippen LogP contribution in [-0.4, -0.2) is 28.6 Å². The summed E-state index contributed by atoms with van der Waals surface area (Å²) in [5.41, 5.74) is 0.925. The first kappa shape index (κ1) is 14.4. The topological polar surface area (TPSA) is 91.3 Å². The van der Waals surface area contributed by atoms with Crippen LogP contribution in [-0.2, 0) is 4.79 Å². The molecule has 0 saturated heterocycles. The largest absolute Gasteiger partial charge is 0.481 e. The van der Waals surface area contributed by atoms with Crippen LogP contribution in [0.2, 0.25) is 0 Å². The number of anilines is 1. The number of nitrogens with zero attached hydrogens (tertiary/aromatic N) is 1. The van der Waals surface area contributed by atoms with Crippen LogP contribution in [0.4, 0.5) is 9.93 Å². The molecule has 1 aromatic heterocycles. The van der Waals surface area contributed by atoms with Gasteiger partial charge in [-0.05, 0) is 5.92 Å². The van der Waals surface area contributed by atoms with E-state index in [-0.39, 0.29) is 6.54 Å². The fraction of sp³-hybridized carbons (Fsp3) is 0.545. The van der Waals surface area contributed by atoms with Crippen molar-refractivity contribution < 1.29 is 14.7 Å². The number of carboxylic acid groups (broad SMARTS) is 1. The van der Waals surface area contributed by atoms with Gasteiger partial charge in [0.2, 0.25) is 0 Å². The number of carbonyl (C=O) groups excluding carboxylic acids is 1. The van der Waals surface area contributed by atoms with E-state index < -0.39 is 17.9 Å². The molecule has 1 heterocycles. The number of hydrogen-bond donors (Lipinski definition) is 3. The van der Waals surface area contributed by atoms with E-state index in [2.05, 4.69) is 15.6 Å². The first-order chi connectivity index (χ1) is 8.40. The Bertz CT molecular complexity index is 431. The lowest BCUT2D eigenvalue weighted by molar-refractivity contribution is -0.140. The first-order valence-corrected chi connectivity index (χ1v) is 6.51. The minimum Gasteiger partial charge on any atom is -0.481 e. The number of amides is 2. The third-order valence-corrected chi connectivity index (χ3v) is 3.10. The fourth-order valence-corrected chi connectivity index (χ4v) is 1.95. The molecule has 0 bridgehead atoms. The van der Waals surface area contributed by atoms with Crippen molar-refractivity contribution in [1.29, 1.82) is 0 Å². The summed E-state index contributed by atoms with van der Waals surface area (Å²) in [4.78, 5) is 26.3. The highest BCUT2D eigenvalue weighted by Gasteiger charge is 2.13. The number of carbonyl (C=O) groups is 2. The average molecular weight is 271 g/mol. The van der Waals surface area contributed by atoms with Gasteiger partial charge in [0, 0.05) is 11.9 Å². The van der Waals surface area contributed by atoms with Crippen molar-refractivity contribution in [1.82, 2.24) is 10.3 Å². The van der Waals surface area contributed by atoms with Gasteiger partial charge in [-0.2, -0.15) is 0 Å². The molecule has 0 saturated carbocycles. The minimum absolute atomic E-state index is 0.0869. The molecule has 100 valence electrons. The van der Waals surface area contributed by atoms with Crippen LogP contribution in [0.1, 0.15) is 32.4 Å². The number of urea groups is 1. The Kier molecular flexibility index (Phi) is 5.08. The second-order valence-electron chi connectivity index (χ2n) is 4.31. The Labute approximate surface area is 109 Å². The van der Waals surface area contributed by atoms with Gasteiger partial charge < -0.3 is 10.4 Å². The summed E-state index contributed by atoms with van der Waals surface area (Å²) in [7, 11) is 0. The average Bonchev–Trinajstić information content (AvgIpc) is 2.74. The van der Waals surface area contributed by atoms with Gasteiger partial charge in [0.25, 0.3) is 0 Å². The van der Waals surface area contributed by atoms with Gasteiger partial charge in [-0.1, -0.05) is 20.8 Å². The highest BCUT2D eigenvalue weighted by atomic mass is 32.1. The second-order valence-corrected chi connectivity index (χ2v) is 5.16. The van der Waals surface area contributed by atoms with Crippen molar-refractivity contribution in [3.8, 4) is 0 Å². The number of hydrogen-bond acceptors (Lipinski definition) is 4. The lowest BCUT2D eigenvalue weighted by atomic mass is 10.2. The highest BCUT2D eigenvalue weighted by Crippen LogP contribution is 2.21. The zero-order valence-electron chi connectivity index (χ0n) is 10.6. The molecular formula is C11H17N3O3S. The van der Waals surface area contributed by atoms with Crippen LogP contribution in [0.3, 0.4) is 0 Å². The maximum Gasteiger partial charge on any atom is 0.321 e. The van der Waals surface area contributed by atoms with Gasteiger partial charge in [0.15, 0.2) is 5.13 Å². The predicted octanol–water partition coefficient (Wildman–Crippen LogP) is 2.11. The van der Waals surface area contributed by atoms with E-state index >= 15 is 0 Å². The van der Waals surface area contributed by atoms with Crippen LogP contribution in [0.25, 0.3) is 0 Å². The maximum atomic E-state index is 11.5. The molecule has 0 radical (unpaired) electrons. The molecule has 0 spiro atoms. The summed E-state index contributed by atoms with van der Waals surface area (Å²) in [5.74, 6) is -1.24. The number of thiazole rings is 1. The van der Waals surface area contributed by atoms with Gasteiger partial charge in [-0.15, -0.1) is 11.3 Å². The van der Waals surface area contributed by atoms with E-state index in [1.54, 1.807) is 0 Å². The molecule has 1 aromatic rings. The summed E-state index contributed by atoms with van der Waals surface area (Å²) < 4.78 is 0. The summed E-state index contributed by atoms with van der Waals surface area (Å²) in [6.45, 7) is 5.66. The molecule has 6 nitrogen and oxygen atoms in total. The molecule has 0 fully saturated rings. The lowest BCUT2D eigenvalue weighted by Crippen LogP contribution is -2.34. The molecule has 0 aliphatic heterocycles. The fourth-order valence-electron chi connectivity index (χ4n) is 1.08. The number of nitrogens with one attached hydrogen (secondary N) is 2. The van der Waals surface area contributed by atoms with Crippen LogP contribution in [0.15, 0.2) is 5.38 Å². The van der Waals surface area contributed by atoms with E-state index in [1.165, 1.54) is 18.3 Å². The van der Waals surface area contributed by atoms with Crippen molar-refractivity contribution in [2.45, 2.75) is 26.7 Å². The Morgan fingerprint density at radius 2 is 2.11 bits per heavy atom. The number of aromatic nitrogens is 1. The molecular weight excluding hydrogens is 254 g/mol. The summed E-state index contributed by atoms with van der Waals surface area (Å²) in [6.07, 6.45) is 0. The zero-order chi connectivity index (χ0) is 13.7. The summed E-state index contributed by atoms with van der Waals surface area (Å²) >= 11 is 1.35. The molecule has 18 heavy (non-hydrogen) atoms. The Morgan fingerprint density at radius 3 is 2.61 bits per heavy atom. The number of rotatable bonds is 5. The molecule has 1 rings (SSSR count). The second kappa shape index (κ2) is 6.34.